The van der Waals surface area contributed by atoms with Crippen molar-refractivity contribution in [2.75, 3.05) is 6.61 Å². The lowest BCUT2D eigenvalue weighted by molar-refractivity contribution is -0.0613. The Hall–Kier alpha value is -2.98. The lowest BCUT2D eigenvalue weighted by Crippen LogP contribution is -2.23. The van der Waals surface area contributed by atoms with Gasteiger partial charge in [0.05, 0.1) is 0 Å². The summed E-state index contributed by atoms with van der Waals surface area (Å²) in [6, 6.07) is 25.0. The second-order valence-electron chi connectivity index (χ2n) is 10.7. The molecule has 0 aliphatic carbocycles. The summed E-state index contributed by atoms with van der Waals surface area (Å²) in [5.74, 6) is 2.57. The van der Waals surface area contributed by atoms with E-state index in [0.29, 0.717) is 6.61 Å². The Morgan fingerprint density at radius 3 is 1.23 bits per heavy atom. The van der Waals surface area contributed by atoms with Gasteiger partial charge in [-0.1, -0.05) is 36.4 Å². The minimum absolute atomic E-state index is 0.0562. The summed E-state index contributed by atoms with van der Waals surface area (Å²) in [4.78, 5) is 0. The van der Waals surface area contributed by atoms with Gasteiger partial charge >= 0.3 is 0 Å². The lowest BCUT2D eigenvalue weighted by Gasteiger charge is -2.24. The van der Waals surface area contributed by atoms with Crippen molar-refractivity contribution in [1.29, 1.82) is 0 Å². The molecule has 0 bridgehead atoms. The van der Waals surface area contributed by atoms with Gasteiger partial charge in [0.15, 0.2) is 6.29 Å². The molecule has 3 rings (SSSR count). The largest absolute Gasteiger partial charge is 0.488 e. The smallest absolute Gasteiger partial charge is 0.196 e. The summed E-state index contributed by atoms with van der Waals surface area (Å²) < 4.78 is 23.5. The molecule has 0 fully saturated rings. The van der Waals surface area contributed by atoms with Crippen molar-refractivity contribution in [1.82, 2.24) is 0 Å². The fourth-order valence-electron chi connectivity index (χ4n) is 3.94. The number of hydrogen-bond acceptors (Lipinski definition) is 4. The molecule has 4 nitrogen and oxygen atoms in total. The summed E-state index contributed by atoms with van der Waals surface area (Å²) in [7, 11) is 0. The van der Waals surface area contributed by atoms with Crippen molar-refractivity contribution in [3.63, 3.8) is 0 Å². The fraction of sp³-hybridized carbons (Fsp3) is 0.419. The van der Waals surface area contributed by atoms with Crippen LogP contribution in [-0.2, 0) is 4.74 Å². The van der Waals surface area contributed by atoms with E-state index in [1.807, 2.05) is 50.2 Å². The summed E-state index contributed by atoms with van der Waals surface area (Å²) >= 11 is 0. The van der Waals surface area contributed by atoms with Crippen molar-refractivity contribution < 1.29 is 18.9 Å². The molecular weight excluding hydrogens is 436 g/mol. The first-order valence-electron chi connectivity index (χ1n) is 12.4. The molecule has 3 aromatic carbocycles. The highest BCUT2D eigenvalue weighted by Gasteiger charge is 2.19. The maximum atomic E-state index is 6.04. The zero-order valence-electron chi connectivity index (χ0n) is 22.4. The van der Waals surface area contributed by atoms with Gasteiger partial charge in [0.1, 0.15) is 28.5 Å². The van der Waals surface area contributed by atoms with E-state index in [1.54, 1.807) is 0 Å². The highest BCUT2D eigenvalue weighted by molar-refractivity contribution is 5.47. The van der Waals surface area contributed by atoms with Crippen LogP contribution in [-0.4, -0.2) is 24.1 Å². The van der Waals surface area contributed by atoms with Crippen molar-refractivity contribution >= 4 is 0 Å². The number of hydrogen-bond donors (Lipinski definition) is 0. The maximum Gasteiger partial charge on any atom is 0.196 e. The van der Waals surface area contributed by atoms with Crippen LogP contribution in [0, 0.1) is 0 Å². The zero-order chi connectivity index (χ0) is 25.6. The predicted molar refractivity (Wildman–Crippen MR) is 143 cm³/mol. The van der Waals surface area contributed by atoms with Crippen molar-refractivity contribution in [3.05, 3.63) is 89.5 Å². The van der Waals surface area contributed by atoms with Crippen LogP contribution in [0.2, 0.25) is 0 Å². The van der Waals surface area contributed by atoms with Crippen LogP contribution in [0.25, 0.3) is 0 Å². The molecule has 35 heavy (non-hydrogen) atoms. The minimum Gasteiger partial charge on any atom is -0.488 e. The zero-order valence-corrected chi connectivity index (χ0v) is 22.4. The van der Waals surface area contributed by atoms with Gasteiger partial charge in [-0.25, -0.2) is 0 Å². The molecular formula is C31H40O4. The van der Waals surface area contributed by atoms with Crippen LogP contribution in [0.5, 0.6) is 17.2 Å². The lowest BCUT2D eigenvalue weighted by atomic mass is 9.85. The monoisotopic (exact) mass is 476 g/mol. The molecule has 0 N–H and O–H groups in total. The molecule has 3 aromatic rings. The van der Waals surface area contributed by atoms with E-state index in [1.165, 1.54) is 16.7 Å². The van der Waals surface area contributed by atoms with Gasteiger partial charge in [-0.2, -0.15) is 0 Å². The molecule has 0 aliphatic heterocycles. The molecule has 4 heteroatoms. The first-order chi connectivity index (χ1) is 16.4. The number of ether oxygens (including phenoxy) is 4. The average Bonchev–Trinajstić information content (AvgIpc) is 2.75. The van der Waals surface area contributed by atoms with Crippen LogP contribution in [0.3, 0.4) is 0 Å². The van der Waals surface area contributed by atoms with E-state index in [9.17, 15) is 0 Å². The van der Waals surface area contributed by atoms with E-state index < -0.39 is 0 Å². The molecule has 0 spiro atoms. The minimum atomic E-state index is -0.285. The topological polar surface area (TPSA) is 36.9 Å². The van der Waals surface area contributed by atoms with Gasteiger partial charge in [-0.05, 0) is 108 Å². The van der Waals surface area contributed by atoms with Crippen molar-refractivity contribution in [2.45, 2.75) is 78.8 Å². The van der Waals surface area contributed by atoms with Gasteiger partial charge in [-0.3, -0.25) is 0 Å². The van der Waals surface area contributed by atoms with Crippen molar-refractivity contribution in [2.24, 2.45) is 0 Å². The van der Waals surface area contributed by atoms with Crippen LogP contribution >= 0.6 is 0 Å². The molecule has 1 unspecified atom stereocenters. The Labute approximate surface area is 211 Å². The first kappa shape index (κ1) is 26.6. The summed E-state index contributed by atoms with van der Waals surface area (Å²) in [6.45, 7) is 16.8. The van der Waals surface area contributed by atoms with E-state index in [4.69, 9.17) is 18.9 Å². The maximum absolute atomic E-state index is 6.04. The quantitative estimate of drug-likeness (QED) is 0.232. The molecule has 0 radical (unpaired) electrons. The molecule has 0 aliphatic rings. The Bertz CT molecular complexity index is 980. The Balaban J connectivity index is 1.93. The Kier molecular flexibility index (Phi) is 8.50. The summed E-state index contributed by atoms with van der Waals surface area (Å²) in [5, 5.41) is 0. The van der Waals surface area contributed by atoms with E-state index in [0.717, 1.165) is 17.2 Å². The van der Waals surface area contributed by atoms with Crippen LogP contribution in [0.15, 0.2) is 72.8 Å². The highest BCUT2D eigenvalue weighted by Crippen LogP contribution is 2.35. The highest BCUT2D eigenvalue weighted by atomic mass is 16.7. The molecule has 0 amide bonds. The molecule has 188 valence electrons. The third-order valence-corrected chi connectivity index (χ3v) is 5.19. The van der Waals surface area contributed by atoms with Gasteiger partial charge in [0.2, 0.25) is 0 Å². The third-order valence-electron chi connectivity index (χ3n) is 5.19. The number of rotatable bonds is 9. The predicted octanol–water partition coefficient (Wildman–Crippen LogP) is 7.98. The SMILES string of the molecule is CCOC(C)Oc1ccc(C(c2ccc(OC(C)(C)C)cc2)c2ccc(OC(C)(C)C)cc2)cc1. The van der Waals surface area contributed by atoms with Gasteiger partial charge in [0.25, 0.3) is 0 Å². The van der Waals surface area contributed by atoms with Gasteiger partial charge in [0, 0.05) is 12.5 Å². The van der Waals surface area contributed by atoms with Crippen LogP contribution in [0.4, 0.5) is 0 Å². The number of benzene rings is 3. The molecule has 0 saturated carbocycles. The molecule has 1 atom stereocenters. The second-order valence-corrected chi connectivity index (χ2v) is 10.7. The Morgan fingerprint density at radius 2 is 0.914 bits per heavy atom. The van der Waals surface area contributed by atoms with Gasteiger partial charge < -0.3 is 18.9 Å². The van der Waals surface area contributed by atoms with E-state index in [2.05, 4.69) is 77.9 Å². The Morgan fingerprint density at radius 1 is 0.571 bits per heavy atom. The molecule has 0 saturated heterocycles. The van der Waals surface area contributed by atoms with E-state index in [-0.39, 0.29) is 23.4 Å². The third kappa shape index (κ3) is 8.32. The van der Waals surface area contributed by atoms with Crippen LogP contribution < -0.4 is 14.2 Å². The summed E-state index contributed by atoms with van der Waals surface area (Å²) in [6.07, 6.45) is -0.285. The summed E-state index contributed by atoms with van der Waals surface area (Å²) in [5.41, 5.74) is 3.07. The van der Waals surface area contributed by atoms with Crippen molar-refractivity contribution in [3.8, 4) is 17.2 Å². The van der Waals surface area contributed by atoms with Gasteiger partial charge in [-0.15, -0.1) is 0 Å². The fourth-order valence-corrected chi connectivity index (χ4v) is 3.94. The van der Waals surface area contributed by atoms with E-state index >= 15 is 0 Å². The second kappa shape index (κ2) is 11.2. The standard InChI is InChI=1S/C31H40O4/c1-9-32-22(2)33-26-16-10-23(11-17-26)29(24-12-18-27(19-13-24)34-30(3,4)5)25-14-20-28(21-15-25)35-31(6,7)8/h10-22,29H,9H2,1-8H3. The average molecular weight is 477 g/mol. The molecule has 0 aromatic heterocycles. The normalized spacial score (nSPS) is 12.9. The van der Waals surface area contributed by atoms with Crippen LogP contribution in [0.1, 0.15) is 78.0 Å². The molecule has 0 heterocycles. The first-order valence-corrected chi connectivity index (χ1v) is 12.4.